The third-order valence-electron chi connectivity index (χ3n) is 4.61. The summed E-state index contributed by atoms with van der Waals surface area (Å²) in [6.07, 6.45) is 0. The van der Waals surface area contributed by atoms with Crippen molar-refractivity contribution in [1.82, 2.24) is 10.2 Å². The van der Waals surface area contributed by atoms with Crippen molar-refractivity contribution in [2.45, 2.75) is 51.6 Å². The molecular weight excluding hydrogens is 433 g/mol. The van der Waals surface area contributed by atoms with Crippen LogP contribution in [0.25, 0.3) is 0 Å². The lowest BCUT2D eigenvalue weighted by atomic mass is 10.1. The van der Waals surface area contributed by atoms with Crippen molar-refractivity contribution in [2.24, 2.45) is 0 Å². The quantitative estimate of drug-likeness (QED) is 0.444. The van der Waals surface area contributed by atoms with Crippen LogP contribution in [0.2, 0.25) is 0 Å². The van der Waals surface area contributed by atoms with Crippen LogP contribution in [0, 0.1) is 15.9 Å². The van der Waals surface area contributed by atoms with Gasteiger partial charge < -0.3 is 10.2 Å². The molecule has 1 N–H and O–H groups in total. The summed E-state index contributed by atoms with van der Waals surface area (Å²) in [7, 11) is 0. The molecule has 0 aliphatic rings. The minimum absolute atomic E-state index is 0.00424. The van der Waals surface area contributed by atoms with Crippen LogP contribution in [0.5, 0.6) is 0 Å². The van der Waals surface area contributed by atoms with Crippen molar-refractivity contribution in [3.8, 4) is 0 Å². The Morgan fingerprint density at radius 3 is 2.34 bits per heavy atom. The summed E-state index contributed by atoms with van der Waals surface area (Å²) >= 11 is 1.33. The monoisotopic (exact) mass is 461 g/mol. The number of nitro benzene ring substituents is 1. The molecule has 2 aromatic rings. The molecule has 0 heterocycles. The third-order valence-corrected chi connectivity index (χ3v) is 5.59. The number of hydrogen-bond donors (Lipinski definition) is 1. The molecule has 9 heteroatoms. The SMILES string of the molecule is CC(C(=O)NC(C)(C)C)N(Cc1ccccc1F)C(=O)CSCc1ccc([N+](=O)[O-])cc1. The first kappa shape index (κ1) is 25.3. The number of nitrogens with zero attached hydrogens (tertiary/aromatic N) is 2. The van der Waals surface area contributed by atoms with Crippen LogP contribution in [0.15, 0.2) is 48.5 Å². The molecule has 0 spiro atoms. The van der Waals surface area contributed by atoms with E-state index in [2.05, 4.69) is 5.32 Å². The molecule has 32 heavy (non-hydrogen) atoms. The molecular formula is C23H28FN3O4S. The fourth-order valence-corrected chi connectivity index (χ4v) is 3.79. The maximum atomic E-state index is 14.2. The summed E-state index contributed by atoms with van der Waals surface area (Å²) in [4.78, 5) is 37.4. The zero-order valence-electron chi connectivity index (χ0n) is 18.6. The summed E-state index contributed by atoms with van der Waals surface area (Å²) in [5.41, 5.74) is 0.705. The van der Waals surface area contributed by atoms with Crippen LogP contribution in [0.1, 0.15) is 38.8 Å². The summed E-state index contributed by atoms with van der Waals surface area (Å²) in [5.74, 6) is -0.496. The van der Waals surface area contributed by atoms with Gasteiger partial charge in [-0.15, -0.1) is 11.8 Å². The second-order valence-electron chi connectivity index (χ2n) is 8.44. The number of rotatable bonds is 9. The number of thioether (sulfide) groups is 1. The van der Waals surface area contributed by atoms with Crippen LogP contribution in [0.4, 0.5) is 10.1 Å². The number of non-ortho nitro benzene ring substituents is 1. The Bertz CT molecular complexity index is 960. The average Bonchev–Trinajstić information content (AvgIpc) is 2.71. The predicted octanol–water partition coefficient (Wildman–Crippen LogP) is 4.30. The van der Waals surface area contributed by atoms with E-state index in [1.165, 1.54) is 34.9 Å². The lowest BCUT2D eigenvalue weighted by Gasteiger charge is -2.31. The Balaban J connectivity index is 2.09. The van der Waals surface area contributed by atoms with Crippen molar-refractivity contribution < 1.29 is 18.9 Å². The van der Waals surface area contributed by atoms with Crippen molar-refractivity contribution in [1.29, 1.82) is 0 Å². The van der Waals surface area contributed by atoms with Gasteiger partial charge in [-0.2, -0.15) is 0 Å². The van der Waals surface area contributed by atoms with E-state index in [0.717, 1.165) is 5.56 Å². The van der Waals surface area contributed by atoms with Gasteiger partial charge in [-0.1, -0.05) is 30.3 Å². The van der Waals surface area contributed by atoms with Gasteiger partial charge in [-0.3, -0.25) is 19.7 Å². The molecule has 2 amide bonds. The van der Waals surface area contributed by atoms with Crippen molar-refractivity contribution in [3.63, 3.8) is 0 Å². The molecule has 0 bridgehead atoms. The second-order valence-corrected chi connectivity index (χ2v) is 9.43. The van der Waals surface area contributed by atoms with Gasteiger partial charge in [0.15, 0.2) is 0 Å². The van der Waals surface area contributed by atoms with Gasteiger partial charge in [-0.25, -0.2) is 4.39 Å². The molecule has 7 nitrogen and oxygen atoms in total. The minimum atomic E-state index is -0.790. The van der Waals surface area contributed by atoms with Crippen molar-refractivity contribution >= 4 is 29.3 Å². The lowest BCUT2D eigenvalue weighted by Crippen LogP contribution is -2.52. The molecule has 172 valence electrons. The van der Waals surface area contributed by atoms with E-state index in [9.17, 15) is 24.1 Å². The highest BCUT2D eigenvalue weighted by Crippen LogP contribution is 2.19. The summed E-state index contributed by atoms with van der Waals surface area (Å²) in [6.45, 7) is 7.14. The molecule has 0 aliphatic carbocycles. The predicted molar refractivity (Wildman–Crippen MR) is 124 cm³/mol. The number of hydrogen-bond acceptors (Lipinski definition) is 5. The molecule has 0 radical (unpaired) electrons. The Labute approximate surface area is 191 Å². The molecule has 0 saturated heterocycles. The van der Waals surface area contributed by atoms with E-state index in [-0.39, 0.29) is 29.8 Å². The van der Waals surface area contributed by atoms with Crippen molar-refractivity contribution in [2.75, 3.05) is 5.75 Å². The molecule has 1 unspecified atom stereocenters. The van der Waals surface area contributed by atoms with E-state index in [1.807, 2.05) is 20.8 Å². The molecule has 1 atom stereocenters. The Kier molecular flexibility index (Phi) is 8.77. The van der Waals surface area contributed by atoms with Gasteiger partial charge in [0, 0.05) is 35.5 Å². The first-order valence-corrected chi connectivity index (χ1v) is 11.3. The summed E-state index contributed by atoms with van der Waals surface area (Å²) in [6, 6.07) is 11.5. The Morgan fingerprint density at radius 2 is 1.78 bits per heavy atom. The number of nitro groups is 1. The second kappa shape index (κ2) is 11.1. The largest absolute Gasteiger partial charge is 0.350 e. The zero-order chi connectivity index (χ0) is 23.9. The molecule has 2 rings (SSSR count). The van der Waals surface area contributed by atoms with Gasteiger partial charge in [0.05, 0.1) is 10.7 Å². The first-order chi connectivity index (χ1) is 15.0. The number of amides is 2. The lowest BCUT2D eigenvalue weighted by molar-refractivity contribution is -0.384. The van der Waals surface area contributed by atoms with Crippen LogP contribution in [-0.4, -0.2) is 39.0 Å². The van der Waals surface area contributed by atoms with Gasteiger partial charge in [0.1, 0.15) is 11.9 Å². The molecule has 0 fully saturated rings. The fraction of sp³-hybridized carbons (Fsp3) is 0.391. The van der Waals surface area contributed by atoms with E-state index >= 15 is 0 Å². The third kappa shape index (κ3) is 7.64. The van der Waals surface area contributed by atoms with Crippen LogP contribution in [-0.2, 0) is 21.9 Å². The zero-order valence-corrected chi connectivity index (χ0v) is 19.4. The van der Waals surface area contributed by atoms with Crippen LogP contribution < -0.4 is 5.32 Å². The van der Waals surface area contributed by atoms with E-state index < -0.39 is 22.3 Å². The van der Waals surface area contributed by atoms with Gasteiger partial charge >= 0.3 is 0 Å². The number of halogens is 1. The summed E-state index contributed by atoms with van der Waals surface area (Å²) in [5, 5.41) is 13.6. The average molecular weight is 462 g/mol. The van der Waals surface area contributed by atoms with Crippen LogP contribution in [0.3, 0.4) is 0 Å². The normalized spacial score (nSPS) is 12.2. The smallest absolute Gasteiger partial charge is 0.269 e. The maximum Gasteiger partial charge on any atom is 0.269 e. The molecule has 0 aliphatic heterocycles. The van der Waals surface area contributed by atoms with E-state index in [4.69, 9.17) is 0 Å². The van der Waals surface area contributed by atoms with Crippen LogP contribution >= 0.6 is 11.8 Å². The number of carbonyl (C=O) groups is 2. The fourth-order valence-electron chi connectivity index (χ4n) is 2.92. The Morgan fingerprint density at radius 1 is 1.16 bits per heavy atom. The minimum Gasteiger partial charge on any atom is -0.350 e. The first-order valence-electron chi connectivity index (χ1n) is 10.1. The number of carbonyl (C=O) groups excluding carboxylic acids is 2. The number of benzene rings is 2. The van der Waals surface area contributed by atoms with Gasteiger partial charge in [0.2, 0.25) is 11.8 Å². The van der Waals surface area contributed by atoms with E-state index in [1.54, 1.807) is 37.3 Å². The highest BCUT2D eigenvalue weighted by atomic mass is 32.2. The molecule has 0 saturated carbocycles. The Hall–Kier alpha value is -2.94. The molecule has 0 aromatic heterocycles. The summed E-state index contributed by atoms with van der Waals surface area (Å²) < 4.78 is 14.2. The van der Waals surface area contributed by atoms with Gasteiger partial charge in [0.25, 0.3) is 5.69 Å². The van der Waals surface area contributed by atoms with Gasteiger partial charge in [-0.05, 0) is 39.3 Å². The maximum absolute atomic E-state index is 14.2. The van der Waals surface area contributed by atoms with Crippen molar-refractivity contribution in [3.05, 3.63) is 75.6 Å². The highest BCUT2D eigenvalue weighted by Gasteiger charge is 2.28. The number of nitrogens with one attached hydrogen (secondary N) is 1. The van der Waals surface area contributed by atoms with E-state index in [0.29, 0.717) is 11.3 Å². The standard InChI is InChI=1S/C23H28FN3O4S/c1-16(22(29)25-23(2,3)4)26(13-18-7-5-6-8-20(18)24)21(28)15-32-14-17-9-11-19(12-10-17)27(30)31/h5-12,16H,13-15H2,1-4H3,(H,25,29). The molecule has 2 aromatic carbocycles. The highest BCUT2D eigenvalue weighted by molar-refractivity contribution is 7.99. The topological polar surface area (TPSA) is 92.6 Å².